The summed E-state index contributed by atoms with van der Waals surface area (Å²) in [5.74, 6) is -0.0489. The third-order valence-electron chi connectivity index (χ3n) is 5.20. The van der Waals surface area contributed by atoms with Crippen LogP contribution >= 0.6 is 12.4 Å². The van der Waals surface area contributed by atoms with Gasteiger partial charge >= 0.3 is 0 Å². The first kappa shape index (κ1) is 19.2. The van der Waals surface area contributed by atoms with Crippen molar-refractivity contribution in [1.29, 1.82) is 0 Å². The Hall–Kier alpha value is -1.10. The van der Waals surface area contributed by atoms with Crippen LogP contribution in [0.1, 0.15) is 63.4 Å². The normalized spacial score (nSPS) is 20.4. The topological polar surface area (TPSA) is 64.4 Å². The van der Waals surface area contributed by atoms with Gasteiger partial charge in [-0.3, -0.25) is 4.79 Å². The number of rotatable bonds is 5. The van der Waals surface area contributed by atoms with E-state index in [1.54, 1.807) is 0 Å². The number of amides is 1. The predicted molar refractivity (Wildman–Crippen MR) is 99.4 cm³/mol. The van der Waals surface area contributed by atoms with Gasteiger partial charge in [0, 0.05) is 5.69 Å². The van der Waals surface area contributed by atoms with Gasteiger partial charge in [-0.2, -0.15) is 0 Å². The van der Waals surface area contributed by atoms with Gasteiger partial charge in [-0.05, 0) is 43.4 Å². The summed E-state index contributed by atoms with van der Waals surface area (Å²) in [4.78, 5) is 12.4. The maximum absolute atomic E-state index is 12.4. The van der Waals surface area contributed by atoms with Gasteiger partial charge in [0.1, 0.15) is 0 Å². The van der Waals surface area contributed by atoms with Crippen LogP contribution in [0.5, 0.6) is 0 Å². The Morgan fingerprint density at radius 2 is 1.71 bits per heavy atom. The third-order valence-corrected chi connectivity index (χ3v) is 5.20. The molecule has 1 aromatic rings. The molecule has 24 heavy (non-hydrogen) atoms. The van der Waals surface area contributed by atoms with Crippen LogP contribution in [0.3, 0.4) is 0 Å². The van der Waals surface area contributed by atoms with Gasteiger partial charge in [0.2, 0.25) is 5.91 Å². The Balaban J connectivity index is 0.00000208. The number of benzene rings is 1. The van der Waals surface area contributed by atoms with E-state index in [4.69, 9.17) is 10.5 Å². The molecule has 1 aromatic carbocycles. The first-order valence-corrected chi connectivity index (χ1v) is 8.97. The second-order valence-electron chi connectivity index (χ2n) is 7.09. The summed E-state index contributed by atoms with van der Waals surface area (Å²) < 4.78 is 5.91. The van der Waals surface area contributed by atoms with Crippen LogP contribution < -0.4 is 11.1 Å². The van der Waals surface area contributed by atoms with Crippen molar-refractivity contribution in [2.45, 2.75) is 76.0 Å². The van der Waals surface area contributed by atoms with Gasteiger partial charge in [0.05, 0.1) is 18.2 Å². The smallest absolute Gasteiger partial charge is 0.244 e. The van der Waals surface area contributed by atoms with Crippen molar-refractivity contribution in [3.8, 4) is 0 Å². The number of nitrogens with two attached hydrogens (primary N) is 1. The lowest BCUT2D eigenvalue weighted by Crippen LogP contribution is -2.52. The lowest BCUT2D eigenvalue weighted by molar-refractivity contribution is -0.122. The molecule has 2 aliphatic carbocycles. The van der Waals surface area contributed by atoms with Crippen LogP contribution in [0, 0.1) is 0 Å². The summed E-state index contributed by atoms with van der Waals surface area (Å²) in [7, 11) is 0. The Labute approximate surface area is 150 Å². The van der Waals surface area contributed by atoms with Crippen molar-refractivity contribution >= 4 is 24.0 Å². The standard InChI is InChI=1S/C19H28N2O2.ClH/c20-19(12-4-1-5-13-19)18(22)21-16-10-8-15(9-11-16)14-23-17-6-2-3-7-17;/h8-11,17H,1-7,12-14,20H2,(H,21,22);1H. The van der Waals surface area contributed by atoms with Gasteiger partial charge in [-0.25, -0.2) is 0 Å². The molecule has 0 spiro atoms. The van der Waals surface area contributed by atoms with Crippen LogP contribution in [-0.2, 0) is 16.1 Å². The van der Waals surface area contributed by atoms with E-state index in [2.05, 4.69) is 5.32 Å². The monoisotopic (exact) mass is 352 g/mol. The highest BCUT2D eigenvalue weighted by molar-refractivity contribution is 5.98. The van der Waals surface area contributed by atoms with Gasteiger partial charge < -0.3 is 15.8 Å². The summed E-state index contributed by atoms with van der Waals surface area (Å²) in [6, 6.07) is 7.93. The average molecular weight is 353 g/mol. The Bertz CT molecular complexity index is 521. The molecule has 0 unspecified atom stereocenters. The van der Waals surface area contributed by atoms with Crippen molar-refractivity contribution in [1.82, 2.24) is 0 Å². The summed E-state index contributed by atoms with van der Waals surface area (Å²) in [6.07, 6.45) is 10.2. The first-order chi connectivity index (χ1) is 11.2. The van der Waals surface area contributed by atoms with E-state index in [0.29, 0.717) is 12.7 Å². The second-order valence-corrected chi connectivity index (χ2v) is 7.09. The molecule has 2 fully saturated rings. The molecular formula is C19H29ClN2O2. The molecule has 0 aromatic heterocycles. The third kappa shape index (κ3) is 4.95. The Morgan fingerprint density at radius 1 is 1.08 bits per heavy atom. The predicted octanol–water partition coefficient (Wildman–Crippen LogP) is 4.17. The largest absolute Gasteiger partial charge is 0.374 e. The minimum atomic E-state index is -0.692. The van der Waals surface area contributed by atoms with E-state index in [-0.39, 0.29) is 18.3 Å². The molecule has 2 saturated carbocycles. The van der Waals surface area contributed by atoms with Crippen molar-refractivity contribution in [2.24, 2.45) is 5.73 Å². The van der Waals surface area contributed by atoms with Crippen LogP contribution in [0.4, 0.5) is 5.69 Å². The number of halogens is 1. The van der Waals surface area contributed by atoms with E-state index < -0.39 is 5.54 Å². The molecule has 0 bridgehead atoms. The first-order valence-electron chi connectivity index (χ1n) is 8.97. The van der Waals surface area contributed by atoms with E-state index in [0.717, 1.165) is 36.9 Å². The highest BCUT2D eigenvalue weighted by atomic mass is 35.5. The molecule has 0 aliphatic heterocycles. The maximum Gasteiger partial charge on any atom is 0.244 e. The van der Waals surface area contributed by atoms with E-state index >= 15 is 0 Å². The zero-order valence-electron chi connectivity index (χ0n) is 14.3. The van der Waals surface area contributed by atoms with Crippen LogP contribution in [0.25, 0.3) is 0 Å². The van der Waals surface area contributed by atoms with Gasteiger partial charge in [-0.1, -0.05) is 44.2 Å². The van der Waals surface area contributed by atoms with Crippen LogP contribution in [-0.4, -0.2) is 17.6 Å². The molecule has 3 N–H and O–H groups in total. The van der Waals surface area contributed by atoms with Crippen molar-refractivity contribution in [3.63, 3.8) is 0 Å². The van der Waals surface area contributed by atoms with Crippen molar-refractivity contribution in [3.05, 3.63) is 29.8 Å². The number of nitrogens with one attached hydrogen (secondary N) is 1. The second kappa shape index (κ2) is 8.84. The van der Waals surface area contributed by atoms with E-state index in [9.17, 15) is 4.79 Å². The molecular weight excluding hydrogens is 324 g/mol. The molecule has 0 atom stereocenters. The quantitative estimate of drug-likeness (QED) is 0.835. The molecule has 0 saturated heterocycles. The molecule has 5 heteroatoms. The zero-order chi connectivity index (χ0) is 16.1. The SMILES string of the molecule is Cl.NC1(C(=O)Nc2ccc(COC3CCCC3)cc2)CCCCC1. The molecule has 134 valence electrons. The Kier molecular flexibility index (Phi) is 7.08. The van der Waals surface area contributed by atoms with Crippen molar-refractivity contribution in [2.75, 3.05) is 5.32 Å². The number of hydrogen-bond donors (Lipinski definition) is 2. The number of ether oxygens (including phenoxy) is 1. The molecule has 0 radical (unpaired) electrons. The van der Waals surface area contributed by atoms with Gasteiger partial charge in [0.15, 0.2) is 0 Å². The number of carbonyl (C=O) groups excluding carboxylic acids is 1. The Morgan fingerprint density at radius 3 is 2.33 bits per heavy atom. The number of anilines is 1. The lowest BCUT2D eigenvalue weighted by Gasteiger charge is -2.31. The lowest BCUT2D eigenvalue weighted by atomic mass is 9.82. The molecule has 0 heterocycles. The van der Waals surface area contributed by atoms with Gasteiger partial charge in [-0.15, -0.1) is 12.4 Å². The average Bonchev–Trinajstić information content (AvgIpc) is 3.08. The summed E-state index contributed by atoms with van der Waals surface area (Å²) in [6.45, 7) is 0.652. The van der Waals surface area contributed by atoms with E-state index in [1.165, 1.54) is 32.1 Å². The van der Waals surface area contributed by atoms with Crippen LogP contribution in [0.15, 0.2) is 24.3 Å². The maximum atomic E-state index is 12.4. The van der Waals surface area contributed by atoms with Crippen molar-refractivity contribution < 1.29 is 9.53 Å². The fraction of sp³-hybridized carbons (Fsp3) is 0.632. The summed E-state index contributed by atoms with van der Waals surface area (Å²) >= 11 is 0. The molecule has 3 rings (SSSR count). The minimum absolute atomic E-state index is 0. The molecule has 2 aliphatic rings. The highest BCUT2D eigenvalue weighted by Gasteiger charge is 2.35. The number of carbonyl (C=O) groups is 1. The highest BCUT2D eigenvalue weighted by Crippen LogP contribution is 2.27. The zero-order valence-corrected chi connectivity index (χ0v) is 15.1. The molecule has 4 nitrogen and oxygen atoms in total. The number of hydrogen-bond acceptors (Lipinski definition) is 3. The van der Waals surface area contributed by atoms with Gasteiger partial charge in [0.25, 0.3) is 0 Å². The van der Waals surface area contributed by atoms with Crippen LogP contribution in [0.2, 0.25) is 0 Å². The molecule has 1 amide bonds. The summed E-state index contributed by atoms with van der Waals surface area (Å²) in [5.41, 5.74) is 7.54. The minimum Gasteiger partial charge on any atom is -0.374 e. The fourth-order valence-electron chi connectivity index (χ4n) is 3.62. The van der Waals surface area contributed by atoms with E-state index in [1.807, 2.05) is 24.3 Å². The fourth-order valence-corrected chi connectivity index (χ4v) is 3.62. The summed E-state index contributed by atoms with van der Waals surface area (Å²) in [5, 5.41) is 2.97.